The molecule has 0 aliphatic heterocycles. The first-order valence-corrected chi connectivity index (χ1v) is 13.9. The molecule has 4 aromatic rings. The highest BCUT2D eigenvalue weighted by molar-refractivity contribution is 7.90. The predicted molar refractivity (Wildman–Crippen MR) is 151 cm³/mol. The third-order valence-corrected chi connectivity index (χ3v) is 7.56. The standard InChI is InChI=1S/C32H26F3NO3S/c1-2-29(24-9-5-3-6-10-24)31(25-11-7-4-8-12-25)26-16-13-23(14-17-26)15-22-30(37)36-40(38,39)28-20-18-27(19-21-28)32(33,34)35/h3-22H,2H2,1H3,(H,36,37)/b22-15+,31-29-. The van der Waals surface area contributed by atoms with Crippen molar-refractivity contribution in [2.24, 2.45) is 0 Å². The van der Waals surface area contributed by atoms with Gasteiger partial charge in [-0.25, -0.2) is 13.1 Å². The summed E-state index contributed by atoms with van der Waals surface area (Å²) < 4.78 is 64.9. The van der Waals surface area contributed by atoms with Crippen molar-refractivity contribution < 1.29 is 26.4 Å². The largest absolute Gasteiger partial charge is 0.416 e. The summed E-state index contributed by atoms with van der Waals surface area (Å²) in [6.07, 6.45) is -1.26. The van der Waals surface area contributed by atoms with Crippen LogP contribution in [0.4, 0.5) is 13.2 Å². The highest BCUT2D eigenvalue weighted by Gasteiger charge is 2.30. The number of allylic oxidation sites excluding steroid dienone is 1. The van der Waals surface area contributed by atoms with E-state index in [0.29, 0.717) is 17.7 Å². The highest BCUT2D eigenvalue weighted by Crippen LogP contribution is 2.34. The van der Waals surface area contributed by atoms with Crippen molar-refractivity contribution in [2.45, 2.75) is 24.4 Å². The number of carbonyl (C=O) groups is 1. The lowest BCUT2D eigenvalue weighted by Crippen LogP contribution is -2.29. The normalized spacial score (nSPS) is 12.7. The SMILES string of the molecule is CC/C(=C(\c1ccccc1)c1ccc(/C=C/C(=O)NS(=O)(=O)c2ccc(C(F)(F)F)cc2)cc1)c1ccccc1. The van der Waals surface area contributed by atoms with Crippen LogP contribution in [-0.2, 0) is 21.0 Å². The third kappa shape index (κ3) is 6.95. The molecule has 1 N–H and O–H groups in total. The molecule has 4 aromatic carbocycles. The van der Waals surface area contributed by atoms with Gasteiger partial charge in [0.2, 0.25) is 0 Å². The van der Waals surface area contributed by atoms with Crippen LogP contribution in [-0.4, -0.2) is 14.3 Å². The molecule has 0 spiro atoms. The number of nitrogens with one attached hydrogen (secondary N) is 1. The van der Waals surface area contributed by atoms with E-state index in [1.54, 1.807) is 0 Å². The van der Waals surface area contributed by atoms with Crippen LogP contribution >= 0.6 is 0 Å². The molecule has 4 nitrogen and oxygen atoms in total. The Morgan fingerprint density at radius 1 is 0.750 bits per heavy atom. The number of benzene rings is 4. The molecule has 0 fully saturated rings. The first-order valence-electron chi connectivity index (χ1n) is 12.4. The van der Waals surface area contributed by atoms with Crippen LogP contribution in [0.1, 0.15) is 41.2 Å². The van der Waals surface area contributed by atoms with Gasteiger partial charge in [0.25, 0.3) is 15.9 Å². The van der Waals surface area contributed by atoms with Gasteiger partial charge in [0, 0.05) is 6.08 Å². The van der Waals surface area contributed by atoms with Gasteiger partial charge in [-0.05, 0) is 70.2 Å². The van der Waals surface area contributed by atoms with Gasteiger partial charge < -0.3 is 0 Å². The van der Waals surface area contributed by atoms with Crippen molar-refractivity contribution >= 4 is 33.2 Å². The van der Waals surface area contributed by atoms with Gasteiger partial charge in [-0.2, -0.15) is 13.2 Å². The summed E-state index contributed by atoms with van der Waals surface area (Å²) in [4.78, 5) is 11.9. The summed E-state index contributed by atoms with van der Waals surface area (Å²) in [6, 6.07) is 30.6. The van der Waals surface area contributed by atoms with Crippen molar-refractivity contribution in [1.29, 1.82) is 0 Å². The average molecular weight is 562 g/mol. The summed E-state index contributed by atoms with van der Waals surface area (Å²) in [7, 11) is -4.34. The highest BCUT2D eigenvalue weighted by atomic mass is 32.2. The maximum absolute atomic E-state index is 12.7. The van der Waals surface area contributed by atoms with Crippen LogP contribution in [0.2, 0.25) is 0 Å². The molecule has 0 aliphatic rings. The Bertz CT molecular complexity index is 1630. The van der Waals surface area contributed by atoms with Crippen molar-refractivity contribution in [2.75, 3.05) is 0 Å². The Kier molecular flexibility index (Phi) is 8.70. The second kappa shape index (κ2) is 12.2. The Morgan fingerprint density at radius 2 is 1.27 bits per heavy atom. The fraction of sp³-hybridized carbons (Fsp3) is 0.0938. The van der Waals surface area contributed by atoms with E-state index < -0.39 is 32.6 Å². The van der Waals surface area contributed by atoms with Crippen LogP contribution in [0, 0.1) is 0 Å². The predicted octanol–water partition coefficient (Wildman–Crippen LogP) is 7.59. The zero-order chi connectivity index (χ0) is 28.8. The first-order chi connectivity index (χ1) is 19.1. The average Bonchev–Trinajstić information content (AvgIpc) is 2.95. The van der Waals surface area contributed by atoms with Crippen molar-refractivity contribution in [3.05, 3.63) is 143 Å². The molecule has 1 amide bonds. The Labute approximate surface area is 231 Å². The van der Waals surface area contributed by atoms with Gasteiger partial charge in [0.1, 0.15) is 0 Å². The Hall–Kier alpha value is -4.43. The summed E-state index contributed by atoms with van der Waals surface area (Å²) in [5.41, 5.74) is 5.13. The van der Waals surface area contributed by atoms with E-state index in [2.05, 4.69) is 31.2 Å². The molecular weight excluding hydrogens is 535 g/mol. The molecule has 0 bridgehead atoms. The van der Waals surface area contributed by atoms with Gasteiger partial charge in [-0.1, -0.05) is 91.9 Å². The van der Waals surface area contributed by atoms with Gasteiger partial charge in [-0.15, -0.1) is 0 Å². The number of hydrogen-bond acceptors (Lipinski definition) is 3. The van der Waals surface area contributed by atoms with Crippen molar-refractivity contribution in [3.8, 4) is 0 Å². The monoisotopic (exact) mass is 561 g/mol. The quantitative estimate of drug-likeness (QED) is 0.178. The van der Waals surface area contributed by atoms with E-state index in [0.717, 1.165) is 46.9 Å². The molecule has 0 heterocycles. The minimum atomic E-state index is -4.60. The summed E-state index contributed by atoms with van der Waals surface area (Å²) >= 11 is 0. The Morgan fingerprint density at radius 3 is 1.80 bits per heavy atom. The van der Waals surface area contributed by atoms with Gasteiger partial charge in [0.15, 0.2) is 0 Å². The summed E-state index contributed by atoms with van der Waals surface area (Å²) in [5.74, 6) is -0.925. The zero-order valence-corrected chi connectivity index (χ0v) is 22.3. The van der Waals surface area contributed by atoms with E-state index in [1.165, 1.54) is 11.6 Å². The number of sulfonamides is 1. The lowest BCUT2D eigenvalue weighted by molar-refractivity contribution is -0.137. The molecule has 40 heavy (non-hydrogen) atoms. The van der Waals surface area contributed by atoms with Crippen LogP contribution in [0.5, 0.6) is 0 Å². The van der Waals surface area contributed by atoms with Crippen LogP contribution in [0.3, 0.4) is 0 Å². The molecule has 0 saturated carbocycles. The molecule has 0 aliphatic carbocycles. The fourth-order valence-electron chi connectivity index (χ4n) is 4.27. The van der Waals surface area contributed by atoms with Gasteiger partial charge >= 0.3 is 6.18 Å². The molecule has 0 radical (unpaired) electrons. The smallest absolute Gasteiger partial charge is 0.269 e. The van der Waals surface area contributed by atoms with E-state index in [1.807, 2.05) is 65.4 Å². The van der Waals surface area contributed by atoms with Gasteiger partial charge in [-0.3, -0.25) is 4.79 Å². The Balaban J connectivity index is 1.55. The molecular formula is C32H26F3NO3S. The number of carbonyl (C=O) groups excluding carboxylic acids is 1. The molecule has 204 valence electrons. The lowest BCUT2D eigenvalue weighted by atomic mass is 9.88. The van der Waals surface area contributed by atoms with E-state index in [-0.39, 0.29) is 0 Å². The minimum Gasteiger partial charge on any atom is -0.269 e. The number of alkyl halides is 3. The number of amides is 1. The molecule has 0 atom stereocenters. The fourth-order valence-corrected chi connectivity index (χ4v) is 5.21. The lowest BCUT2D eigenvalue weighted by Gasteiger charge is -2.16. The maximum Gasteiger partial charge on any atom is 0.416 e. The molecule has 0 aromatic heterocycles. The van der Waals surface area contributed by atoms with E-state index in [4.69, 9.17) is 0 Å². The number of hydrogen-bond donors (Lipinski definition) is 1. The molecule has 0 unspecified atom stereocenters. The van der Waals surface area contributed by atoms with Crippen LogP contribution < -0.4 is 4.72 Å². The third-order valence-electron chi connectivity index (χ3n) is 6.19. The zero-order valence-electron chi connectivity index (χ0n) is 21.5. The van der Waals surface area contributed by atoms with Crippen molar-refractivity contribution in [3.63, 3.8) is 0 Å². The molecule has 8 heteroatoms. The van der Waals surface area contributed by atoms with Crippen molar-refractivity contribution in [1.82, 2.24) is 4.72 Å². The maximum atomic E-state index is 12.7. The minimum absolute atomic E-state index is 0.447. The van der Waals surface area contributed by atoms with E-state index >= 15 is 0 Å². The van der Waals surface area contributed by atoms with E-state index in [9.17, 15) is 26.4 Å². The summed E-state index contributed by atoms with van der Waals surface area (Å²) in [5, 5.41) is 0. The van der Waals surface area contributed by atoms with Gasteiger partial charge in [0.05, 0.1) is 10.5 Å². The summed E-state index contributed by atoms with van der Waals surface area (Å²) in [6.45, 7) is 2.11. The first kappa shape index (κ1) is 28.6. The molecule has 0 saturated heterocycles. The number of halogens is 3. The van der Waals surface area contributed by atoms with Crippen LogP contribution in [0.25, 0.3) is 17.2 Å². The topological polar surface area (TPSA) is 63.2 Å². The molecule has 4 rings (SSSR count). The second-order valence-corrected chi connectivity index (χ2v) is 10.6. The second-order valence-electron chi connectivity index (χ2n) is 8.89. The van der Waals surface area contributed by atoms with Crippen LogP contribution in [0.15, 0.2) is 120 Å². The number of rotatable bonds is 8.